The number of imidazole rings is 1. The summed E-state index contributed by atoms with van der Waals surface area (Å²) in [6, 6.07) is 1.26. The first-order chi connectivity index (χ1) is 10.4. The normalized spacial score (nSPS) is 20.4. The summed E-state index contributed by atoms with van der Waals surface area (Å²) in [6.07, 6.45) is 3.50. The van der Waals surface area contributed by atoms with Crippen molar-refractivity contribution in [1.29, 1.82) is 0 Å². The molecule has 8 heteroatoms. The molecular formula is C14H20N4O3S. The Labute approximate surface area is 130 Å². The quantitative estimate of drug-likeness (QED) is 0.910. The van der Waals surface area contributed by atoms with Gasteiger partial charge < -0.3 is 14.3 Å². The Balaban J connectivity index is 2.04. The molecule has 1 aliphatic rings. The lowest BCUT2D eigenvalue weighted by molar-refractivity contribution is 0.258. The molecule has 2 aromatic rings. The van der Waals surface area contributed by atoms with Gasteiger partial charge in [0.25, 0.3) is 0 Å². The van der Waals surface area contributed by atoms with Gasteiger partial charge in [-0.15, -0.1) is 0 Å². The van der Waals surface area contributed by atoms with Crippen molar-refractivity contribution >= 4 is 10.0 Å². The molecule has 0 aromatic carbocycles. The van der Waals surface area contributed by atoms with Gasteiger partial charge >= 0.3 is 0 Å². The van der Waals surface area contributed by atoms with Gasteiger partial charge in [-0.1, -0.05) is 0 Å². The fourth-order valence-corrected chi connectivity index (χ4v) is 4.69. The number of hydrogen-bond acceptors (Lipinski definition) is 5. The average Bonchev–Trinajstić information content (AvgIpc) is 3.04. The number of aryl methyl sites for hydroxylation is 3. The Kier molecular flexibility index (Phi) is 3.84. The summed E-state index contributed by atoms with van der Waals surface area (Å²) in [5.74, 6) is 1.75. The minimum absolute atomic E-state index is 0.242. The number of nitrogens with zero attached hydrogens (tertiary/aromatic N) is 3. The van der Waals surface area contributed by atoms with Crippen molar-refractivity contribution in [1.82, 2.24) is 19.2 Å². The van der Waals surface area contributed by atoms with E-state index in [0.29, 0.717) is 31.2 Å². The van der Waals surface area contributed by atoms with Crippen molar-refractivity contribution in [2.24, 2.45) is 7.05 Å². The summed E-state index contributed by atoms with van der Waals surface area (Å²) in [5.41, 5.74) is 0. The van der Waals surface area contributed by atoms with Crippen LogP contribution in [0.2, 0.25) is 0 Å². The minimum Gasteiger partial charge on any atom is -0.465 e. The van der Waals surface area contributed by atoms with Crippen molar-refractivity contribution in [3.8, 4) is 0 Å². The van der Waals surface area contributed by atoms with Crippen molar-refractivity contribution in [2.45, 2.75) is 24.8 Å². The molecule has 3 heterocycles. The largest absolute Gasteiger partial charge is 0.465 e. The van der Waals surface area contributed by atoms with Crippen LogP contribution in [0.5, 0.6) is 0 Å². The number of sulfonamides is 1. The number of hydrogen-bond donors (Lipinski definition) is 1. The highest BCUT2D eigenvalue weighted by Crippen LogP contribution is 2.30. The van der Waals surface area contributed by atoms with Gasteiger partial charge in [-0.25, -0.2) is 13.4 Å². The maximum atomic E-state index is 13.0. The van der Waals surface area contributed by atoms with E-state index >= 15 is 0 Å². The Morgan fingerprint density at radius 2 is 2.18 bits per heavy atom. The Hall–Kier alpha value is -1.64. The van der Waals surface area contributed by atoms with Crippen molar-refractivity contribution in [3.63, 3.8) is 0 Å². The van der Waals surface area contributed by atoms with E-state index in [1.807, 2.05) is 17.8 Å². The van der Waals surface area contributed by atoms with Crippen molar-refractivity contribution in [2.75, 3.05) is 19.6 Å². The first-order valence-corrected chi connectivity index (χ1v) is 8.62. The lowest BCUT2D eigenvalue weighted by atomic mass is 10.2. The van der Waals surface area contributed by atoms with Gasteiger partial charge in [0, 0.05) is 39.1 Å². The Morgan fingerprint density at radius 1 is 1.41 bits per heavy atom. The molecule has 3 rings (SSSR count). The van der Waals surface area contributed by atoms with E-state index in [4.69, 9.17) is 4.42 Å². The third kappa shape index (κ3) is 2.47. The van der Waals surface area contributed by atoms with E-state index in [0.717, 1.165) is 5.82 Å². The summed E-state index contributed by atoms with van der Waals surface area (Å²) in [5, 5.41) is 3.24. The van der Waals surface area contributed by atoms with E-state index in [9.17, 15) is 8.42 Å². The second-order valence-electron chi connectivity index (χ2n) is 5.51. The molecule has 120 valence electrons. The first-order valence-electron chi connectivity index (χ1n) is 7.18. The van der Waals surface area contributed by atoms with Gasteiger partial charge in [0.05, 0.1) is 6.04 Å². The lowest BCUT2D eigenvalue weighted by Crippen LogP contribution is -2.49. The molecule has 7 nitrogen and oxygen atoms in total. The van der Waals surface area contributed by atoms with Crippen LogP contribution in [0, 0.1) is 13.8 Å². The minimum atomic E-state index is -3.62. The number of piperazine rings is 1. The van der Waals surface area contributed by atoms with Crippen LogP contribution in [-0.4, -0.2) is 41.9 Å². The zero-order valence-corrected chi connectivity index (χ0v) is 13.7. The van der Waals surface area contributed by atoms with Crippen LogP contribution < -0.4 is 5.32 Å². The molecule has 1 atom stereocenters. The molecule has 0 aliphatic carbocycles. The molecule has 2 aromatic heterocycles. The monoisotopic (exact) mass is 324 g/mol. The number of nitrogens with one attached hydrogen (secondary N) is 1. The molecule has 1 N–H and O–H groups in total. The van der Waals surface area contributed by atoms with Crippen LogP contribution in [0.3, 0.4) is 0 Å². The Bertz CT molecular complexity index is 778. The van der Waals surface area contributed by atoms with Crippen LogP contribution in [0.1, 0.15) is 23.4 Å². The van der Waals surface area contributed by atoms with Crippen LogP contribution >= 0.6 is 0 Å². The standard InChI is InChI=1S/C14H20N4O3S/c1-10-8-13(11(2)21-10)22(19,20)18-7-4-15-9-12(18)14-16-5-6-17(14)3/h5-6,8,12,15H,4,7,9H2,1-3H3. The first kappa shape index (κ1) is 15.3. The fraction of sp³-hybridized carbons (Fsp3) is 0.500. The molecule has 1 aliphatic heterocycles. The van der Waals surface area contributed by atoms with Gasteiger partial charge in [-0.2, -0.15) is 4.31 Å². The third-order valence-corrected chi connectivity index (χ3v) is 5.95. The molecule has 0 amide bonds. The summed E-state index contributed by atoms with van der Waals surface area (Å²) < 4.78 is 34.8. The summed E-state index contributed by atoms with van der Waals surface area (Å²) in [4.78, 5) is 4.56. The summed E-state index contributed by atoms with van der Waals surface area (Å²) >= 11 is 0. The fourth-order valence-electron chi connectivity index (χ4n) is 2.88. The van der Waals surface area contributed by atoms with Crippen LogP contribution in [-0.2, 0) is 17.1 Å². The van der Waals surface area contributed by atoms with Gasteiger partial charge in [-0.05, 0) is 19.9 Å². The smallest absolute Gasteiger partial charge is 0.247 e. The predicted octanol–water partition coefficient (Wildman–Crippen LogP) is 0.965. The molecule has 1 saturated heterocycles. The lowest BCUT2D eigenvalue weighted by Gasteiger charge is -2.34. The maximum absolute atomic E-state index is 13.0. The SMILES string of the molecule is Cc1cc(S(=O)(=O)N2CCNCC2c2nccn2C)c(C)o1. The van der Waals surface area contributed by atoms with E-state index in [-0.39, 0.29) is 10.9 Å². The van der Waals surface area contributed by atoms with E-state index < -0.39 is 10.0 Å². The van der Waals surface area contributed by atoms with Gasteiger partial charge in [0.2, 0.25) is 10.0 Å². The average molecular weight is 324 g/mol. The molecule has 0 spiro atoms. The van der Waals surface area contributed by atoms with Crippen LogP contribution in [0.4, 0.5) is 0 Å². The molecule has 1 unspecified atom stereocenters. The maximum Gasteiger partial charge on any atom is 0.247 e. The highest BCUT2D eigenvalue weighted by atomic mass is 32.2. The van der Waals surface area contributed by atoms with Gasteiger partial charge in [-0.3, -0.25) is 0 Å². The van der Waals surface area contributed by atoms with E-state index in [2.05, 4.69) is 10.3 Å². The zero-order chi connectivity index (χ0) is 15.9. The molecule has 0 saturated carbocycles. The zero-order valence-electron chi connectivity index (χ0n) is 12.9. The highest BCUT2D eigenvalue weighted by molar-refractivity contribution is 7.89. The Morgan fingerprint density at radius 3 is 2.77 bits per heavy atom. The molecular weight excluding hydrogens is 304 g/mol. The predicted molar refractivity (Wildman–Crippen MR) is 80.9 cm³/mol. The van der Waals surface area contributed by atoms with Crippen molar-refractivity contribution in [3.05, 3.63) is 35.8 Å². The molecule has 22 heavy (non-hydrogen) atoms. The molecule has 1 fully saturated rings. The number of aromatic nitrogens is 2. The second kappa shape index (κ2) is 5.53. The van der Waals surface area contributed by atoms with E-state index in [1.54, 1.807) is 26.1 Å². The number of furan rings is 1. The van der Waals surface area contributed by atoms with Crippen LogP contribution in [0.15, 0.2) is 27.8 Å². The third-order valence-electron chi connectivity index (χ3n) is 3.93. The molecule has 0 bridgehead atoms. The molecule has 0 radical (unpaired) electrons. The summed E-state index contributed by atoms with van der Waals surface area (Å²) in [7, 11) is -1.75. The summed E-state index contributed by atoms with van der Waals surface area (Å²) in [6.45, 7) is 5.00. The van der Waals surface area contributed by atoms with Gasteiger partial charge in [0.1, 0.15) is 22.2 Å². The van der Waals surface area contributed by atoms with Crippen LogP contribution in [0.25, 0.3) is 0 Å². The highest BCUT2D eigenvalue weighted by Gasteiger charge is 2.37. The second-order valence-corrected chi connectivity index (χ2v) is 7.37. The van der Waals surface area contributed by atoms with E-state index in [1.165, 1.54) is 4.31 Å². The van der Waals surface area contributed by atoms with Gasteiger partial charge in [0.15, 0.2) is 0 Å². The van der Waals surface area contributed by atoms with Crippen molar-refractivity contribution < 1.29 is 12.8 Å². The number of rotatable bonds is 3. The topological polar surface area (TPSA) is 80.4 Å².